The van der Waals surface area contributed by atoms with Gasteiger partial charge in [0, 0.05) is 28.7 Å². The zero-order valence-corrected chi connectivity index (χ0v) is 14.1. The zero-order valence-electron chi connectivity index (χ0n) is 12.6. The van der Waals surface area contributed by atoms with Gasteiger partial charge in [0.1, 0.15) is 0 Å². The van der Waals surface area contributed by atoms with E-state index < -0.39 is 0 Å². The summed E-state index contributed by atoms with van der Waals surface area (Å²) in [6.07, 6.45) is 3.14. The lowest BCUT2D eigenvalue weighted by Gasteiger charge is -2.25. The van der Waals surface area contributed by atoms with Gasteiger partial charge in [-0.2, -0.15) is 0 Å². The molecule has 1 heterocycles. The zero-order chi connectivity index (χ0) is 16.2. The monoisotopic (exact) mass is 345 g/mol. The fraction of sp³-hybridized carbons (Fsp3) is 0.211. The molecule has 0 aliphatic carbocycles. The first kappa shape index (κ1) is 16.3. The van der Waals surface area contributed by atoms with Crippen molar-refractivity contribution in [1.82, 2.24) is 4.90 Å². The van der Waals surface area contributed by atoms with E-state index in [-0.39, 0.29) is 5.78 Å². The summed E-state index contributed by atoms with van der Waals surface area (Å²) in [5.41, 5.74) is 3.23. The van der Waals surface area contributed by atoms with E-state index in [4.69, 9.17) is 23.2 Å². The fourth-order valence-electron chi connectivity index (χ4n) is 2.71. The summed E-state index contributed by atoms with van der Waals surface area (Å²) in [4.78, 5) is 14.5. The number of rotatable bonds is 4. The lowest BCUT2D eigenvalue weighted by molar-refractivity contribution is 0.0937. The van der Waals surface area contributed by atoms with Crippen LogP contribution in [0.5, 0.6) is 0 Å². The highest BCUT2D eigenvalue weighted by Gasteiger charge is 2.16. The summed E-state index contributed by atoms with van der Waals surface area (Å²) < 4.78 is 0. The highest BCUT2D eigenvalue weighted by Crippen LogP contribution is 2.24. The summed E-state index contributed by atoms with van der Waals surface area (Å²) in [5.74, 6) is 0.130. The van der Waals surface area contributed by atoms with Gasteiger partial charge in [0.05, 0.1) is 6.54 Å². The summed E-state index contributed by atoms with van der Waals surface area (Å²) >= 11 is 11.8. The molecular weight excluding hydrogens is 329 g/mol. The van der Waals surface area contributed by atoms with Gasteiger partial charge in [0.25, 0.3) is 0 Å². The lowest BCUT2D eigenvalue weighted by Crippen LogP contribution is -2.33. The maximum atomic E-state index is 12.3. The molecule has 118 valence electrons. The van der Waals surface area contributed by atoms with E-state index in [0.717, 1.165) is 24.5 Å². The van der Waals surface area contributed by atoms with E-state index in [9.17, 15) is 4.79 Å². The second-order valence-electron chi connectivity index (χ2n) is 5.65. The molecule has 0 bridgehead atoms. The van der Waals surface area contributed by atoms with Crippen LogP contribution in [0.25, 0.3) is 5.57 Å². The predicted octanol–water partition coefficient (Wildman–Crippen LogP) is 4.97. The molecule has 0 unspecified atom stereocenters. The van der Waals surface area contributed by atoms with Crippen LogP contribution in [0.2, 0.25) is 10.0 Å². The Labute approximate surface area is 146 Å². The highest BCUT2D eigenvalue weighted by atomic mass is 35.5. The van der Waals surface area contributed by atoms with Crippen LogP contribution >= 0.6 is 23.2 Å². The van der Waals surface area contributed by atoms with Crippen molar-refractivity contribution in [3.05, 3.63) is 75.8 Å². The Morgan fingerprint density at radius 3 is 2.13 bits per heavy atom. The lowest BCUT2D eigenvalue weighted by atomic mass is 9.99. The number of hydrogen-bond donors (Lipinski definition) is 0. The summed E-state index contributed by atoms with van der Waals surface area (Å²) in [6, 6.07) is 15.0. The van der Waals surface area contributed by atoms with Gasteiger partial charge in [0.15, 0.2) is 5.78 Å². The van der Waals surface area contributed by atoms with Crippen LogP contribution in [0.1, 0.15) is 22.3 Å². The van der Waals surface area contributed by atoms with E-state index in [1.54, 1.807) is 24.3 Å². The predicted molar refractivity (Wildman–Crippen MR) is 96.3 cm³/mol. The molecular formula is C19H17Cl2NO. The van der Waals surface area contributed by atoms with Crippen LogP contribution in [0.4, 0.5) is 0 Å². The topological polar surface area (TPSA) is 20.3 Å². The van der Waals surface area contributed by atoms with E-state index >= 15 is 0 Å². The second kappa shape index (κ2) is 7.31. The average molecular weight is 346 g/mol. The molecule has 2 nitrogen and oxygen atoms in total. The third-order valence-electron chi connectivity index (χ3n) is 4.04. The quantitative estimate of drug-likeness (QED) is 0.729. The van der Waals surface area contributed by atoms with Crippen molar-refractivity contribution in [2.24, 2.45) is 0 Å². The van der Waals surface area contributed by atoms with Crippen molar-refractivity contribution in [2.45, 2.75) is 6.42 Å². The molecule has 0 N–H and O–H groups in total. The Bertz CT molecular complexity index is 720. The summed E-state index contributed by atoms with van der Waals surface area (Å²) in [7, 11) is 0. The molecule has 0 radical (unpaired) electrons. The average Bonchev–Trinajstić information content (AvgIpc) is 2.57. The number of hydrogen-bond acceptors (Lipinski definition) is 2. The molecule has 0 saturated heterocycles. The summed E-state index contributed by atoms with van der Waals surface area (Å²) in [5, 5.41) is 1.40. The van der Waals surface area contributed by atoms with Crippen molar-refractivity contribution in [3.63, 3.8) is 0 Å². The maximum Gasteiger partial charge on any atom is 0.176 e. The third kappa shape index (κ3) is 4.23. The molecule has 1 aliphatic heterocycles. The number of halogens is 2. The largest absolute Gasteiger partial charge is 0.293 e. The molecule has 2 aromatic rings. The molecule has 0 amide bonds. The molecule has 4 heteroatoms. The van der Waals surface area contributed by atoms with Crippen molar-refractivity contribution >= 4 is 34.6 Å². The Balaban J connectivity index is 1.61. The van der Waals surface area contributed by atoms with Crippen molar-refractivity contribution in [3.8, 4) is 0 Å². The van der Waals surface area contributed by atoms with Gasteiger partial charge in [-0.25, -0.2) is 0 Å². The minimum Gasteiger partial charge on any atom is -0.293 e. The van der Waals surface area contributed by atoms with E-state index in [2.05, 4.69) is 11.0 Å². The highest BCUT2D eigenvalue weighted by molar-refractivity contribution is 6.30. The van der Waals surface area contributed by atoms with Gasteiger partial charge in [-0.15, -0.1) is 0 Å². The van der Waals surface area contributed by atoms with Crippen LogP contribution in [0, 0.1) is 0 Å². The molecule has 0 aromatic heterocycles. The van der Waals surface area contributed by atoms with Crippen LogP contribution in [0.3, 0.4) is 0 Å². The molecule has 0 saturated carbocycles. The minimum atomic E-state index is 0.130. The Hall–Kier alpha value is -1.61. The van der Waals surface area contributed by atoms with Gasteiger partial charge >= 0.3 is 0 Å². The maximum absolute atomic E-state index is 12.3. The minimum absolute atomic E-state index is 0.130. The van der Waals surface area contributed by atoms with Gasteiger partial charge in [-0.3, -0.25) is 9.69 Å². The van der Waals surface area contributed by atoms with E-state index in [0.29, 0.717) is 17.1 Å². The van der Waals surface area contributed by atoms with Gasteiger partial charge in [-0.1, -0.05) is 41.4 Å². The molecule has 0 spiro atoms. The normalized spacial score (nSPS) is 15.3. The first-order valence-corrected chi connectivity index (χ1v) is 8.33. The number of nitrogens with zero attached hydrogens (tertiary/aromatic N) is 1. The van der Waals surface area contributed by atoms with Crippen molar-refractivity contribution in [1.29, 1.82) is 0 Å². The van der Waals surface area contributed by atoms with Gasteiger partial charge in [0.2, 0.25) is 0 Å². The smallest absolute Gasteiger partial charge is 0.176 e. The third-order valence-corrected chi connectivity index (χ3v) is 4.55. The molecule has 1 aliphatic rings. The Kier molecular flexibility index (Phi) is 5.16. The SMILES string of the molecule is O=C(CN1CC=C(c2ccc(Cl)cc2)CC1)c1ccc(Cl)cc1. The molecule has 2 aromatic carbocycles. The first-order chi connectivity index (χ1) is 11.1. The standard InChI is InChI=1S/C19H17Cl2NO/c20-17-5-1-14(2-6-17)15-9-11-22(12-10-15)13-19(23)16-3-7-18(21)8-4-16/h1-9H,10-13H2. The number of ketones is 1. The first-order valence-electron chi connectivity index (χ1n) is 7.58. The number of carbonyl (C=O) groups excluding carboxylic acids is 1. The second-order valence-corrected chi connectivity index (χ2v) is 6.52. The molecule has 0 atom stereocenters. The number of benzene rings is 2. The Morgan fingerprint density at radius 2 is 1.57 bits per heavy atom. The number of carbonyl (C=O) groups is 1. The van der Waals surface area contributed by atoms with E-state index in [1.165, 1.54) is 11.1 Å². The summed E-state index contributed by atoms with van der Waals surface area (Å²) in [6.45, 7) is 2.11. The van der Waals surface area contributed by atoms with E-state index in [1.807, 2.05) is 24.3 Å². The van der Waals surface area contributed by atoms with Gasteiger partial charge < -0.3 is 0 Å². The molecule has 0 fully saturated rings. The number of Topliss-reactive ketones (excluding diaryl/α,β-unsaturated/α-hetero) is 1. The van der Waals surface area contributed by atoms with Crippen LogP contribution < -0.4 is 0 Å². The van der Waals surface area contributed by atoms with Crippen molar-refractivity contribution < 1.29 is 4.79 Å². The van der Waals surface area contributed by atoms with Crippen LogP contribution in [-0.2, 0) is 0 Å². The molecule has 23 heavy (non-hydrogen) atoms. The van der Waals surface area contributed by atoms with Crippen LogP contribution in [0.15, 0.2) is 54.6 Å². The molecule has 3 rings (SSSR count). The van der Waals surface area contributed by atoms with Crippen LogP contribution in [-0.4, -0.2) is 30.3 Å². The fourth-order valence-corrected chi connectivity index (χ4v) is 2.96. The van der Waals surface area contributed by atoms with Gasteiger partial charge in [-0.05, 0) is 54.0 Å². The Morgan fingerprint density at radius 1 is 0.957 bits per heavy atom. The van der Waals surface area contributed by atoms with Crippen molar-refractivity contribution in [2.75, 3.05) is 19.6 Å².